The lowest BCUT2D eigenvalue weighted by Gasteiger charge is -2.18. The summed E-state index contributed by atoms with van der Waals surface area (Å²) in [5.74, 6) is 2.43. The molecule has 1 aliphatic carbocycles. The number of fused-ring (bicyclic) bond motifs is 1. The summed E-state index contributed by atoms with van der Waals surface area (Å²) in [4.78, 5) is 27.6. The molecule has 2 unspecified atom stereocenters. The van der Waals surface area contributed by atoms with Crippen LogP contribution in [0.5, 0.6) is 0 Å². The van der Waals surface area contributed by atoms with Crippen molar-refractivity contribution < 1.29 is 4.79 Å². The van der Waals surface area contributed by atoms with Crippen LogP contribution < -0.4 is 10.6 Å². The number of hydrogen-bond donors (Lipinski definition) is 3. The fraction of sp³-hybridized carbons (Fsp3) is 0.320. The molecule has 3 N–H and O–H groups in total. The van der Waals surface area contributed by atoms with Crippen molar-refractivity contribution in [3.63, 3.8) is 0 Å². The highest BCUT2D eigenvalue weighted by Gasteiger charge is 2.39. The van der Waals surface area contributed by atoms with Gasteiger partial charge in [-0.25, -0.2) is 15.0 Å². The van der Waals surface area contributed by atoms with E-state index in [1.54, 1.807) is 48.8 Å². The van der Waals surface area contributed by atoms with Gasteiger partial charge < -0.3 is 15.5 Å². The van der Waals surface area contributed by atoms with E-state index >= 15 is 0 Å². The normalized spacial score (nSPS) is 22.0. The van der Waals surface area contributed by atoms with E-state index in [-0.39, 0.29) is 5.91 Å². The third-order valence-electron chi connectivity index (χ3n) is 6.60. The average molecular weight is 442 g/mol. The predicted octanol–water partition coefficient (Wildman–Crippen LogP) is 3.29. The monoisotopic (exact) mass is 441 g/mol. The highest BCUT2D eigenvalue weighted by Crippen LogP contribution is 2.38. The molecule has 5 rings (SSSR count). The Hall–Kier alpha value is -3.65. The first-order valence-corrected chi connectivity index (χ1v) is 11.2. The van der Waals surface area contributed by atoms with Gasteiger partial charge in [-0.1, -0.05) is 18.2 Å². The van der Waals surface area contributed by atoms with Crippen molar-refractivity contribution in [2.24, 2.45) is 11.8 Å². The Morgan fingerprint density at radius 1 is 1.03 bits per heavy atom. The molecule has 0 radical (unpaired) electrons. The molecular weight excluding hydrogens is 414 g/mol. The molecule has 1 aliphatic heterocycles. The van der Waals surface area contributed by atoms with Crippen molar-refractivity contribution in [2.75, 3.05) is 30.8 Å². The van der Waals surface area contributed by atoms with Crippen LogP contribution in [0, 0.1) is 17.2 Å². The van der Waals surface area contributed by atoms with Gasteiger partial charge in [-0.05, 0) is 56.0 Å². The number of likely N-dealkylation sites (tertiary alicyclic amines) is 1. The molecule has 0 bridgehead atoms. The fourth-order valence-corrected chi connectivity index (χ4v) is 5.04. The smallest absolute Gasteiger partial charge is 0.256 e. The zero-order valence-electron chi connectivity index (χ0n) is 18.5. The number of carbonyl (C=O) groups excluding carboxylic acids is 1. The number of nitrogens with zero attached hydrogens (tertiary/aromatic N) is 4. The van der Waals surface area contributed by atoms with Crippen LogP contribution in [-0.2, 0) is 0 Å². The van der Waals surface area contributed by atoms with Crippen LogP contribution in [0.15, 0.2) is 61.2 Å². The van der Waals surface area contributed by atoms with E-state index < -0.39 is 0 Å². The lowest BCUT2D eigenvalue weighted by Crippen LogP contribution is -2.23. The van der Waals surface area contributed by atoms with Crippen LogP contribution in [0.3, 0.4) is 0 Å². The van der Waals surface area contributed by atoms with Gasteiger partial charge in [0.15, 0.2) is 0 Å². The Balaban J connectivity index is 1.27. The molecule has 2 atom stereocenters. The first-order chi connectivity index (χ1) is 16.1. The lowest BCUT2D eigenvalue weighted by atomic mass is 10.0. The summed E-state index contributed by atoms with van der Waals surface area (Å²) in [6, 6.07) is 12.7. The average Bonchev–Trinajstić information content (AvgIpc) is 3.36. The van der Waals surface area contributed by atoms with Crippen molar-refractivity contribution in [3.8, 4) is 0 Å². The van der Waals surface area contributed by atoms with Crippen LogP contribution in [0.25, 0.3) is 0 Å². The molecule has 1 amide bonds. The van der Waals surface area contributed by atoms with E-state index in [4.69, 9.17) is 5.41 Å². The number of amides is 1. The summed E-state index contributed by atoms with van der Waals surface area (Å²) < 4.78 is 0. The molecule has 2 aromatic heterocycles. The minimum absolute atomic E-state index is 0.241. The van der Waals surface area contributed by atoms with Gasteiger partial charge in [-0.2, -0.15) is 0 Å². The molecule has 33 heavy (non-hydrogen) atoms. The van der Waals surface area contributed by atoms with E-state index in [1.807, 2.05) is 6.07 Å². The summed E-state index contributed by atoms with van der Waals surface area (Å²) in [5.41, 5.74) is 2.19. The van der Waals surface area contributed by atoms with Gasteiger partial charge in [0.1, 0.15) is 18.0 Å². The van der Waals surface area contributed by atoms with Gasteiger partial charge in [0.2, 0.25) is 0 Å². The summed E-state index contributed by atoms with van der Waals surface area (Å²) in [7, 11) is 2.19. The van der Waals surface area contributed by atoms with Gasteiger partial charge in [-0.15, -0.1) is 0 Å². The van der Waals surface area contributed by atoms with Crippen LogP contribution >= 0.6 is 0 Å². The number of pyridine rings is 1. The number of nitrogens with one attached hydrogen (secondary N) is 3. The summed E-state index contributed by atoms with van der Waals surface area (Å²) in [6.07, 6.45) is 7.10. The first kappa shape index (κ1) is 21.2. The van der Waals surface area contributed by atoms with Gasteiger partial charge >= 0.3 is 0 Å². The van der Waals surface area contributed by atoms with Gasteiger partial charge in [0.05, 0.1) is 11.3 Å². The number of benzene rings is 1. The molecular formula is C25H27N7O. The Morgan fingerprint density at radius 3 is 2.45 bits per heavy atom. The predicted molar refractivity (Wildman–Crippen MR) is 128 cm³/mol. The maximum atomic E-state index is 12.5. The molecule has 0 spiro atoms. The molecule has 1 saturated carbocycles. The van der Waals surface area contributed by atoms with Crippen LogP contribution in [0.1, 0.15) is 34.3 Å². The first-order valence-electron chi connectivity index (χ1n) is 11.2. The maximum Gasteiger partial charge on any atom is 0.256 e. The SMILES string of the molecule is CN1CC2CC(Nc3ncncc3C(=N)c3ccc(C(=O)Nc4ccccn4)cc3)CC2C1. The van der Waals surface area contributed by atoms with Crippen LogP contribution in [-0.4, -0.2) is 57.6 Å². The van der Waals surface area contributed by atoms with E-state index in [0.29, 0.717) is 40.1 Å². The van der Waals surface area contributed by atoms with E-state index in [2.05, 4.69) is 37.5 Å². The second kappa shape index (κ2) is 9.07. The molecule has 2 fully saturated rings. The Labute approximate surface area is 193 Å². The third kappa shape index (κ3) is 4.61. The highest BCUT2D eigenvalue weighted by molar-refractivity contribution is 6.14. The molecule has 3 heterocycles. The second-order valence-electron chi connectivity index (χ2n) is 8.96. The fourth-order valence-electron chi connectivity index (χ4n) is 5.04. The molecule has 8 nitrogen and oxygen atoms in total. The number of carbonyl (C=O) groups is 1. The summed E-state index contributed by atoms with van der Waals surface area (Å²) in [6.45, 7) is 2.32. The van der Waals surface area contributed by atoms with Gasteiger partial charge in [0, 0.05) is 42.7 Å². The lowest BCUT2D eigenvalue weighted by molar-refractivity contribution is 0.102. The van der Waals surface area contributed by atoms with Gasteiger partial charge in [0.25, 0.3) is 5.91 Å². The van der Waals surface area contributed by atoms with Crippen LogP contribution in [0.4, 0.5) is 11.6 Å². The highest BCUT2D eigenvalue weighted by atomic mass is 16.1. The Morgan fingerprint density at radius 2 is 1.76 bits per heavy atom. The Bertz CT molecular complexity index is 1130. The standard InChI is InChI=1S/C25H27N7O/c1-32-13-18-10-20(11-19(18)14-32)30-24-21(12-27-15-29-24)23(26)16-5-7-17(8-6-16)25(33)31-22-4-2-3-9-28-22/h2-9,12,15,18-20,26H,10-11,13-14H2,1H3,(H,27,29,30)(H,28,31,33). The zero-order chi connectivity index (χ0) is 22.8. The van der Waals surface area contributed by atoms with Gasteiger partial charge in [-0.3, -0.25) is 10.2 Å². The topological polar surface area (TPSA) is 107 Å². The van der Waals surface area contributed by atoms with E-state index in [9.17, 15) is 4.79 Å². The molecule has 8 heteroatoms. The summed E-state index contributed by atoms with van der Waals surface area (Å²) in [5, 5.41) is 15.1. The molecule has 168 valence electrons. The van der Waals surface area contributed by atoms with Crippen molar-refractivity contribution >= 4 is 23.3 Å². The zero-order valence-corrected chi connectivity index (χ0v) is 18.5. The van der Waals surface area contributed by atoms with E-state index in [0.717, 1.165) is 37.8 Å². The van der Waals surface area contributed by atoms with Crippen molar-refractivity contribution in [2.45, 2.75) is 18.9 Å². The molecule has 1 saturated heterocycles. The minimum Gasteiger partial charge on any atom is -0.367 e. The largest absolute Gasteiger partial charge is 0.367 e. The Kier molecular flexibility index (Phi) is 5.83. The number of hydrogen-bond acceptors (Lipinski definition) is 7. The molecule has 3 aromatic rings. The van der Waals surface area contributed by atoms with E-state index in [1.165, 1.54) is 6.33 Å². The number of rotatable bonds is 6. The number of anilines is 2. The summed E-state index contributed by atoms with van der Waals surface area (Å²) >= 11 is 0. The maximum absolute atomic E-state index is 12.5. The molecule has 1 aromatic carbocycles. The van der Waals surface area contributed by atoms with Crippen LogP contribution in [0.2, 0.25) is 0 Å². The van der Waals surface area contributed by atoms with Crippen molar-refractivity contribution in [1.82, 2.24) is 19.9 Å². The second-order valence-corrected chi connectivity index (χ2v) is 8.96. The van der Waals surface area contributed by atoms with Crippen molar-refractivity contribution in [3.05, 3.63) is 77.9 Å². The third-order valence-corrected chi connectivity index (χ3v) is 6.60. The quantitative estimate of drug-likeness (QED) is 0.507. The molecule has 2 aliphatic rings. The number of aromatic nitrogens is 3. The minimum atomic E-state index is -0.241. The van der Waals surface area contributed by atoms with Crippen molar-refractivity contribution in [1.29, 1.82) is 5.41 Å².